The zero-order valence-corrected chi connectivity index (χ0v) is 19.5. The summed E-state index contributed by atoms with van der Waals surface area (Å²) in [7, 11) is 0. The largest absolute Gasteiger partial charge is 0.481 e. The number of unbranched alkanes of at least 4 members (excludes halogenated alkanes) is 5. The number of ether oxygens (including phenoxy) is 1. The van der Waals surface area contributed by atoms with E-state index in [4.69, 9.17) is 9.63 Å². The number of aromatic nitrogens is 2. The van der Waals surface area contributed by atoms with Crippen molar-refractivity contribution in [2.24, 2.45) is 5.41 Å². The molecule has 0 aliphatic heterocycles. The molecule has 0 saturated carbocycles. The number of hydrogen-bond acceptors (Lipinski definition) is 6. The summed E-state index contributed by atoms with van der Waals surface area (Å²) in [5.41, 5.74) is -2.72. The highest BCUT2D eigenvalue weighted by molar-refractivity contribution is 5.88. The highest BCUT2D eigenvalue weighted by Gasteiger charge is 2.56. The molecular formula is C22H35F3N2O5. The minimum absolute atomic E-state index is 0.0268. The first-order chi connectivity index (χ1) is 14.9. The number of aryl methyl sites for hydroxylation is 1. The van der Waals surface area contributed by atoms with E-state index in [2.05, 4.69) is 28.4 Å². The van der Waals surface area contributed by atoms with Gasteiger partial charge in [-0.2, -0.15) is 18.2 Å². The number of alkyl halides is 3. The van der Waals surface area contributed by atoms with Crippen molar-refractivity contribution < 1.29 is 37.1 Å². The van der Waals surface area contributed by atoms with E-state index in [-0.39, 0.29) is 17.9 Å². The molecule has 1 rings (SSSR count). The molecule has 184 valence electrons. The van der Waals surface area contributed by atoms with E-state index in [1.54, 1.807) is 0 Å². The maximum absolute atomic E-state index is 13.2. The smallest absolute Gasteiger partial charge is 0.426 e. The molecule has 0 saturated heterocycles. The van der Waals surface area contributed by atoms with Gasteiger partial charge in [-0.05, 0) is 20.3 Å². The van der Waals surface area contributed by atoms with Gasteiger partial charge in [-0.3, -0.25) is 4.79 Å². The minimum Gasteiger partial charge on any atom is -0.481 e. The minimum atomic E-state index is -5.06. The van der Waals surface area contributed by atoms with Gasteiger partial charge < -0.3 is 14.4 Å². The molecular weight excluding hydrogens is 429 g/mol. The fourth-order valence-electron chi connectivity index (χ4n) is 2.71. The fourth-order valence-corrected chi connectivity index (χ4v) is 2.71. The van der Waals surface area contributed by atoms with Crippen LogP contribution >= 0.6 is 0 Å². The van der Waals surface area contributed by atoms with E-state index in [0.29, 0.717) is 12.2 Å². The molecule has 1 unspecified atom stereocenters. The number of esters is 1. The average Bonchev–Trinajstić information content (AvgIpc) is 3.16. The SMILES string of the molecule is C=C(Cc1nc(CCCCCCCC)no1)C(=O)OC(C(F)(F)F)C(C)(C)C(=O)O.CC. The molecule has 1 aromatic heterocycles. The summed E-state index contributed by atoms with van der Waals surface area (Å²) < 4.78 is 49.2. The number of hydrogen-bond donors (Lipinski definition) is 1. The number of carbonyl (C=O) groups excluding carboxylic acids is 1. The van der Waals surface area contributed by atoms with Crippen LogP contribution in [0.5, 0.6) is 0 Å². The van der Waals surface area contributed by atoms with Crippen LogP contribution in [0.25, 0.3) is 0 Å². The molecule has 1 atom stereocenters. The lowest BCUT2D eigenvalue weighted by molar-refractivity contribution is -0.246. The van der Waals surface area contributed by atoms with Gasteiger partial charge in [-0.1, -0.05) is 64.6 Å². The van der Waals surface area contributed by atoms with Crippen molar-refractivity contribution in [3.8, 4) is 0 Å². The summed E-state index contributed by atoms with van der Waals surface area (Å²) in [5, 5.41) is 12.8. The van der Waals surface area contributed by atoms with Crippen LogP contribution in [-0.4, -0.2) is 39.5 Å². The summed E-state index contributed by atoms with van der Waals surface area (Å²) in [5.74, 6) is -2.65. The van der Waals surface area contributed by atoms with Crippen molar-refractivity contribution in [2.45, 2.75) is 98.3 Å². The molecule has 0 bridgehead atoms. The zero-order valence-electron chi connectivity index (χ0n) is 19.5. The van der Waals surface area contributed by atoms with Crippen molar-refractivity contribution in [2.75, 3.05) is 0 Å². The van der Waals surface area contributed by atoms with E-state index in [0.717, 1.165) is 39.5 Å². The van der Waals surface area contributed by atoms with Gasteiger partial charge in [-0.25, -0.2) is 4.79 Å². The molecule has 0 aromatic carbocycles. The van der Waals surface area contributed by atoms with E-state index in [1.807, 2.05) is 13.8 Å². The Morgan fingerprint density at radius 2 is 1.69 bits per heavy atom. The molecule has 7 nitrogen and oxygen atoms in total. The standard InChI is InChI=1S/C20H29F3N2O5.C2H6/c1-5-6-7-8-9-10-11-14-24-15(30-25-14)12-13(2)16(26)29-17(20(21,22)23)19(3,4)18(27)28;1-2/h17H,2,5-12H2,1,3-4H3,(H,27,28);1-2H3. The van der Waals surface area contributed by atoms with Gasteiger partial charge in [0.15, 0.2) is 5.82 Å². The third-order valence-electron chi connectivity index (χ3n) is 4.65. The number of carboxylic acids is 1. The predicted octanol–water partition coefficient (Wildman–Crippen LogP) is 5.68. The third kappa shape index (κ3) is 9.82. The lowest BCUT2D eigenvalue weighted by atomic mass is 9.86. The normalized spacial score (nSPS) is 12.5. The summed E-state index contributed by atoms with van der Waals surface area (Å²) in [6.07, 6.45) is -1.03. The first kappa shape index (κ1) is 29.6. The van der Waals surface area contributed by atoms with Crippen LogP contribution in [0.1, 0.15) is 84.9 Å². The Hall–Kier alpha value is -2.39. The first-order valence-corrected chi connectivity index (χ1v) is 10.9. The van der Waals surface area contributed by atoms with Gasteiger partial charge in [0.2, 0.25) is 12.0 Å². The van der Waals surface area contributed by atoms with E-state index in [9.17, 15) is 22.8 Å². The number of halogens is 3. The van der Waals surface area contributed by atoms with Crippen LogP contribution in [0.15, 0.2) is 16.7 Å². The van der Waals surface area contributed by atoms with E-state index < -0.39 is 29.6 Å². The van der Waals surface area contributed by atoms with Crippen LogP contribution < -0.4 is 0 Å². The second kappa shape index (κ2) is 13.9. The van der Waals surface area contributed by atoms with E-state index in [1.165, 1.54) is 12.8 Å². The molecule has 0 radical (unpaired) electrons. The van der Waals surface area contributed by atoms with Crippen LogP contribution in [0.4, 0.5) is 13.2 Å². The second-order valence-corrected chi connectivity index (χ2v) is 7.76. The van der Waals surface area contributed by atoms with Crippen LogP contribution in [0.2, 0.25) is 0 Å². The molecule has 1 heterocycles. The number of aliphatic carboxylic acids is 1. The van der Waals surface area contributed by atoms with Crippen molar-refractivity contribution >= 4 is 11.9 Å². The zero-order chi connectivity index (χ0) is 24.9. The molecule has 1 aromatic rings. The molecule has 0 amide bonds. The molecule has 0 aliphatic carbocycles. The van der Waals surface area contributed by atoms with Crippen molar-refractivity contribution in [1.29, 1.82) is 0 Å². The molecule has 0 aliphatic rings. The lowest BCUT2D eigenvalue weighted by Gasteiger charge is -2.31. The highest BCUT2D eigenvalue weighted by Crippen LogP contribution is 2.37. The number of nitrogens with zero attached hydrogens (tertiary/aromatic N) is 2. The topological polar surface area (TPSA) is 103 Å². The Bertz CT molecular complexity index is 729. The Balaban J connectivity index is 0.00000466. The summed E-state index contributed by atoms with van der Waals surface area (Å²) in [4.78, 5) is 27.3. The molecule has 0 spiro atoms. The second-order valence-electron chi connectivity index (χ2n) is 7.76. The van der Waals surface area contributed by atoms with Crippen molar-refractivity contribution in [3.63, 3.8) is 0 Å². The Labute approximate surface area is 187 Å². The van der Waals surface area contributed by atoms with Gasteiger partial charge in [0.1, 0.15) is 5.41 Å². The van der Waals surface area contributed by atoms with Gasteiger partial charge >= 0.3 is 18.1 Å². The molecule has 10 heteroatoms. The maximum atomic E-state index is 13.2. The van der Waals surface area contributed by atoms with Crippen LogP contribution in [0, 0.1) is 5.41 Å². The predicted molar refractivity (Wildman–Crippen MR) is 113 cm³/mol. The Kier molecular flexibility index (Phi) is 12.9. The third-order valence-corrected chi connectivity index (χ3v) is 4.65. The van der Waals surface area contributed by atoms with Crippen LogP contribution in [0.3, 0.4) is 0 Å². The quantitative estimate of drug-likeness (QED) is 0.227. The molecule has 1 N–H and O–H groups in total. The fraction of sp³-hybridized carbons (Fsp3) is 0.727. The first-order valence-electron chi connectivity index (χ1n) is 10.9. The van der Waals surface area contributed by atoms with Crippen LogP contribution in [-0.2, 0) is 27.2 Å². The van der Waals surface area contributed by atoms with E-state index >= 15 is 0 Å². The highest BCUT2D eigenvalue weighted by atomic mass is 19.4. The number of carbonyl (C=O) groups is 2. The Morgan fingerprint density at radius 1 is 1.12 bits per heavy atom. The number of carboxylic acid groups (broad SMARTS) is 1. The van der Waals surface area contributed by atoms with Crippen molar-refractivity contribution in [1.82, 2.24) is 10.1 Å². The van der Waals surface area contributed by atoms with Gasteiger partial charge in [-0.15, -0.1) is 0 Å². The maximum Gasteiger partial charge on any atom is 0.426 e. The van der Waals surface area contributed by atoms with Gasteiger partial charge in [0, 0.05) is 12.0 Å². The lowest BCUT2D eigenvalue weighted by Crippen LogP contribution is -2.49. The molecule has 32 heavy (non-hydrogen) atoms. The Morgan fingerprint density at radius 3 is 2.22 bits per heavy atom. The molecule has 0 fully saturated rings. The summed E-state index contributed by atoms with van der Waals surface area (Å²) in [6.45, 7) is 11.2. The monoisotopic (exact) mass is 464 g/mol. The van der Waals surface area contributed by atoms with Gasteiger partial charge in [0.05, 0.1) is 6.42 Å². The van der Waals surface area contributed by atoms with Gasteiger partial charge in [0.25, 0.3) is 0 Å². The van der Waals surface area contributed by atoms with Crippen molar-refractivity contribution in [3.05, 3.63) is 23.9 Å². The number of rotatable bonds is 13. The average molecular weight is 465 g/mol. The summed E-state index contributed by atoms with van der Waals surface area (Å²) >= 11 is 0. The summed E-state index contributed by atoms with van der Waals surface area (Å²) in [6, 6.07) is 0.